The highest BCUT2D eigenvalue weighted by atomic mass is 32.3. The van der Waals surface area contributed by atoms with Crippen molar-refractivity contribution < 1.29 is 25.2 Å². The highest BCUT2D eigenvalue weighted by Gasteiger charge is 2.51. The van der Waals surface area contributed by atoms with Gasteiger partial charge in [-0.25, -0.2) is 0 Å². The number of rotatable bonds is 6. The molecule has 0 radical (unpaired) electrons. The molecule has 6 nitrogen and oxygen atoms in total. The molecular formula is C15H16O6S2. The number of hydrogen-bond donors (Lipinski definition) is 0. The highest BCUT2D eigenvalue weighted by molar-refractivity contribution is 8.06. The third kappa shape index (κ3) is 3.65. The van der Waals surface area contributed by atoms with Crippen molar-refractivity contribution in [1.82, 2.24) is 0 Å². The van der Waals surface area contributed by atoms with Crippen molar-refractivity contribution in [3.63, 3.8) is 0 Å². The third-order valence-electron chi connectivity index (χ3n) is 3.10. The van der Waals surface area contributed by atoms with Crippen LogP contribution in [0.1, 0.15) is 13.8 Å². The summed E-state index contributed by atoms with van der Waals surface area (Å²) in [5.74, 6) is 0.0472. The van der Waals surface area contributed by atoms with Crippen LogP contribution in [0, 0.1) is 0 Å². The van der Waals surface area contributed by atoms with Crippen LogP contribution >= 0.6 is 0 Å². The van der Waals surface area contributed by atoms with Crippen LogP contribution in [0.4, 0.5) is 0 Å². The summed E-state index contributed by atoms with van der Waals surface area (Å²) in [6.45, 7) is 2.03. The van der Waals surface area contributed by atoms with Gasteiger partial charge in [0.2, 0.25) is 4.08 Å². The quantitative estimate of drug-likeness (QED) is 0.739. The first-order valence-corrected chi connectivity index (χ1v) is 9.45. The monoisotopic (exact) mass is 356 g/mol. The molecule has 0 aliphatic rings. The molecule has 0 spiro atoms. The van der Waals surface area contributed by atoms with Gasteiger partial charge in [0.1, 0.15) is 11.5 Å². The molecule has 0 fully saturated rings. The first kappa shape index (κ1) is 17.3. The van der Waals surface area contributed by atoms with Crippen molar-refractivity contribution in [2.75, 3.05) is 0 Å². The van der Waals surface area contributed by atoms with Gasteiger partial charge < -0.3 is 8.37 Å². The molecular weight excluding hydrogens is 340 g/mol. The summed E-state index contributed by atoms with van der Waals surface area (Å²) < 4.78 is 57.0. The first-order valence-electron chi connectivity index (χ1n) is 6.64. The summed E-state index contributed by atoms with van der Waals surface area (Å²) in [6, 6.07) is 15.3. The summed E-state index contributed by atoms with van der Waals surface area (Å²) in [7, 11) is -9.01. The van der Waals surface area contributed by atoms with Gasteiger partial charge in [0.25, 0.3) is 0 Å². The second-order valence-corrected chi connectivity index (χ2v) is 9.55. The van der Waals surface area contributed by atoms with Gasteiger partial charge in [-0.2, -0.15) is 16.8 Å². The lowest BCUT2D eigenvalue weighted by atomic mass is 10.3. The zero-order valence-electron chi connectivity index (χ0n) is 12.5. The fraction of sp³-hybridized carbons (Fsp3) is 0.200. The van der Waals surface area contributed by atoms with Gasteiger partial charge in [0.05, 0.1) is 0 Å². The topological polar surface area (TPSA) is 86.7 Å². The van der Waals surface area contributed by atoms with Crippen molar-refractivity contribution in [2.45, 2.75) is 17.9 Å². The van der Waals surface area contributed by atoms with Gasteiger partial charge in [0.15, 0.2) is 0 Å². The van der Waals surface area contributed by atoms with Gasteiger partial charge in [0, 0.05) is 0 Å². The molecule has 0 bridgehead atoms. The minimum Gasteiger partial charge on any atom is -0.381 e. The van der Waals surface area contributed by atoms with E-state index < -0.39 is 24.3 Å². The van der Waals surface area contributed by atoms with E-state index >= 15 is 0 Å². The number of benzene rings is 2. The Kier molecular flexibility index (Phi) is 4.67. The molecule has 0 amide bonds. The van der Waals surface area contributed by atoms with Crippen LogP contribution < -0.4 is 8.37 Å². The Balaban J connectivity index is 2.31. The average molecular weight is 356 g/mol. The lowest BCUT2D eigenvalue weighted by molar-refractivity contribution is 0.440. The first-order chi connectivity index (χ1) is 10.7. The molecule has 124 valence electrons. The second-order valence-electron chi connectivity index (χ2n) is 5.10. The highest BCUT2D eigenvalue weighted by Crippen LogP contribution is 2.29. The summed E-state index contributed by atoms with van der Waals surface area (Å²) >= 11 is 0. The molecule has 23 heavy (non-hydrogen) atoms. The molecule has 0 saturated heterocycles. The maximum atomic E-state index is 12.4. The molecule has 0 aliphatic heterocycles. The maximum Gasteiger partial charge on any atom is 0.332 e. The van der Waals surface area contributed by atoms with Gasteiger partial charge >= 0.3 is 20.2 Å². The lowest BCUT2D eigenvalue weighted by Gasteiger charge is -2.23. The van der Waals surface area contributed by atoms with Gasteiger partial charge in [-0.1, -0.05) is 36.4 Å². The van der Waals surface area contributed by atoms with Crippen molar-refractivity contribution in [3.05, 3.63) is 60.7 Å². The molecule has 0 unspecified atom stereocenters. The largest absolute Gasteiger partial charge is 0.381 e. The molecule has 2 aromatic carbocycles. The molecule has 0 saturated carbocycles. The number of para-hydroxylation sites is 2. The standard InChI is InChI=1S/C15H16O6S2/c1-15(2,22(16,17)20-13-9-5-3-6-10-13)23(18,19)21-14-11-7-4-8-12-14/h3-12H,1-2H3. The Labute approximate surface area is 135 Å². The minimum absolute atomic E-state index is 0.0236. The Morgan fingerprint density at radius 1 is 0.652 bits per heavy atom. The van der Waals surface area contributed by atoms with E-state index in [0.717, 1.165) is 13.8 Å². The zero-order valence-corrected chi connectivity index (χ0v) is 14.2. The Bertz CT molecular complexity index is 783. The van der Waals surface area contributed by atoms with Crippen LogP contribution in [0.25, 0.3) is 0 Å². The SMILES string of the molecule is CC(C)(S(=O)(=O)Oc1ccccc1)S(=O)(=O)Oc1ccccc1. The average Bonchev–Trinajstić information content (AvgIpc) is 2.48. The van der Waals surface area contributed by atoms with E-state index in [0.29, 0.717) is 0 Å². The van der Waals surface area contributed by atoms with E-state index in [1.54, 1.807) is 36.4 Å². The van der Waals surface area contributed by atoms with Gasteiger partial charge in [-0.3, -0.25) is 0 Å². The molecule has 8 heteroatoms. The maximum absolute atomic E-state index is 12.4. The van der Waals surface area contributed by atoms with E-state index in [-0.39, 0.29) is 11.5 Å². The van der Waals surface area contributed by atoms with Crippen LogP contribution in [-0.4, -0.2) is 20.9 Å². The summed E-state index contributed by atoms with van der Waals surface area (Å²) in [6.07, 6.45) is 0. The molecule has 0 N–H and O–H groups in total. The molecule has 0 aliphatic carbocycles. The molecule has 0 heterocycles. The van der Waals surface area contributed by atoms with Crippen LogP contribution in [0.5, 0.6) is 11.5 Å². The summed E-state index contributed by atoms with van der Waals surface area (Å²) in [5, 5.41) is 0. The van der Waals surface area contributed by atoms with Crippen molar-refractivity contribution in [3.8, 4) is 11.5 Å². The van der Waals surface area contributed by atoms with E-state index in [1.165, 1.54) is 24.3 Å². The van der Waals surface area contributed by atoms with E-state index in [9.17, 15) is 16.8 Å². The van der Waals surface area contributed by atoms with Crippen LogP contribution in [-0.2, 0) is 20.2 Å². The van der Waals surface area contributed by atoms with Gasteiger partial charge in [-0.15, -0.1) is 0 Å². The van der Waals surface area contributed by atoms with Crippen molar-refractivity contribution in [2.24, 2.45) is 0 Å². The summed E-state index contributed by atoms with van der Waals surface area (Å²) in [5.41, 5.74) is 0. The lowest BCUT2D eigenvalue weighted by Crippen LogP contribution is -2.45. The predicted molar refractivity (Wildman–Crippen MR) is 86.1 cm³/mol. The minimum atomic E-state index is -4.50. The molecule has 0 aromatic heterocycles. The van der Waals surface area contributed by atoms with Crippen LogP contribution in [0.2, 0.25) is 0 Å². The van der Waals surface area contributed by atoms with E-state index in [4.69, 9.17) is 8.37 Å². The smallest absolute Gasteiger partial charge is 0.332 e. The third-order valence-corrected chi connectivity index (χ3v) is 7.56. The predicted octanol–water partition coefficient (Wildman–Crippen LogP) is 2.54. The number of hydrogen-bond acceptors (Lipinski definition) is 6. The van der Waals surface area contributed by atoms with Crippen LogP contribution in [0.15, 0.2) is 60.7 Å². The summed E-state index contributed by atoms with van der Waals surface area (Å²) in [4.78, 5) is 0. The molecule has 2 aromatic rings. The fourth-order valence-electron chi connectivity index (χ4n) is 1.53. The van der Waals surface area contributed by atoms with Crippen molar-refractivity contribution in [1.29, 1.82) is 0 Å². The Morgan fingerprint density at radius 2 is 0.957 bits per heavy atom. The van der Waals surface area contributed by atoms with Crippen LogP contribution in [0.3, 0.4) is 0 Å². The van der Waals surface area contributed by atoms with E-state index in [2.05, 4.69) is 0 Å². The van der Waals surface area contributed by atoms with Gasteiger partial charge in [-0.05, 0) is 38.1 Å². The Hall–Kier alpha value is -2.06. The van der Waals surface area contributed by atoms with E-state index in [1.807, 2.05) is 0 Å². The normalized spacial score (nSPS) is 12.6. The second kappa shape index (κ2) is 6.21. The fourth-order valence-corrected chi connectivity index (χ4v) is 3.87. The molecule has 0 atom stereocenters. The zero-order chi connectivity index (χ0) is 17.1. The van der Waals surface area contributed by atoms with Crippen molar-refractivity contribution >= 4 is 20.2 Å². The Morgan fingerprint density at radius 3 is 1.26 bits per heavy atom. The molecule has 2 rings (SSSR count).